The molecule has 6 heteroatoms. The molecular formula is C15H18N6. The predicted molar refractivity (Wildman–Crippen MR) is 81.9 cm³/mol. The van der Waals surface area contributed by atoms with Crippen molar-refractivity contribution in [3.63, 3.8) is 0 Å². The first-order valence-electron chi connectivity index (χ1n) is 6.97. The molecule has 0 radical (unpaired) electrons. The number of aryl methyl sites for hydroxylation is 1. The second-order valence-electron chi connectivity index (χ2n) is 5.30. The number of anilines is 2. The molecule has 1 aromatic carbocycles. The standard InChI is InChI=1S/C15H18N6/c1-10-4-2-3-5-11(10)9-21-14(17)13(6-16)15(20-21)19-12-7-18-8-12/h2-5,12,18H,7-9,17H2,1H3,(H,19,20). The van der Waals surface area contributed by atoms with Crippen LogP contribution in [0.25, 0.3) is 0 Å². The Morgan fingerprint density at radius 1 is 1.48 bits per heavy atom. The first-order chi connectivity index (χ1) is 10.2. The number of hydrogen-bond acceptors (Lipinski definition) is 5. The minimum atomic E-state index is 0.318. The molecule has 2 aromatic rings. The number of nitriles is 1. The van der Waals surface area contributed by atoms with Crippen LogP contribution in [-0.2, 0) is 6.54 Å². The van der Waals surface area contributed by atoms with Crippen LogP contribution in [0.3, 0.4) is 0 Å². The minimum absolute atomic E-state index is 0.318. The molecule has 6 nitrogen and oxygen atoms in total. The third-order valence-electron chi connectivity index (χ3n) is 3.81. The average molecular weight is 282 g/mol. The van der Waals surface area contributed by atoms with E-state index in [0.29, 0.717) is 29.8 Å². The van der Waals surface area contributed by atoms with Crippen molar-refractivity contribution in [1.82, 2.24) is 15.1 Å². The lowest BCUT2D eigenvalue weighted by Gasteiger charge is -2.27. The number of rotatable bonds is 4. The van der Waals surface area contributed by atoms with Crippen molar-refractivity contribution in [2.24, 2.45) is 0 Å². The number of nitrogens with two attached hydrogens (primary N) is 1. The fraction of sp³-hybridized carbons (Fsp3) is 0.333. The zero-order valence-electron chi connectivity index (χ0n) is 11.9. The maximum absolute atomic E-state index is 9.30. The van der Waals surface area contributed by atoms with Gasteiger partial charge in [0.15, 0.2) is 5.82 Å². The van der Waals surface area contributed by atoms with Gasteiger partial charge in [-0.3, -0.25) is 0 Å². The lowest BCUT2D eigenvalue weighted by atomic mass is 10.1. The molecule has 0 amide bonds. The van der Waals surface area contributed by atoms with E-state index < -0.39 is 0 Å². The average Bonchev–Trinajstić information content (AvgIpc) is 2.72. The van der Waals surface area contributed by atoms with Gasteiger partial charge in [-0.1, -0.05) is 24.3 Å². The number of nitrogens with one attached hydrogen (secondary N) is 2. The van der Waals surface area contributed by atoms with Gasteiger partial charge in [-0.15, -0.1) is 0 Å². The summed E-state index contributed by atoms with van der Waals surface area (Å²) >= 11 is 0. The van der Waals surface area contributed by atoms with Crippen LogP contribution in [0.1, 0.15) is 16.7 Å². The zero-order chi connectivity index (χ0) is 14.8. The third-order valence-corrected chi connectivity index (χ3v) is 3.81. The van der Waals surface area contributed by atoms with Crippen LogP contribution in [0.4, 0.5) is 11.6 Å². The topological polar surface area (TPSA) is 91.7 Å². The Bertz CT molecular complexity index is 693. The van der Waals surface area contributed by atoms with Crippen LogP contribution < -0.4 is 16.4 Å². The van der Waals surface area contributed by atoms with Crippen LogP contribution in [0, 0.1) is 18.3 Å². The van der Waals surface area contributed by atoms with E-state index in [1.807, 2.05) is 18.2 Å². The van der Waals surface area contributed by atoms with Gasteiger partial charge in [0.25, 0.3) is 0 Å². The highest BCUT2D eigenvalue weighted by Crippen LogP contribution is 2.23. The van der Waals surface area contributed by atoms with Gasteiger partial charge in [-0.25, -0.2) is 4.68 Å². The van der Waals surface area contributed by atoms with Crippen molar-refractivity contribution in [2.45, 2.75) is 19.5 Å². The molecule has 4 N–H and O–H groups in total. The highest BCUT2D eigenvalue weighted by Gasteiger charge is 2.22. The summed E-state index contributed by atoms with van der Waals surface area (Å²) in [5, 5.41) is 20.2. The van der Waals surface area contributed by atoms with Gasteiger partial charge < -0.3 is 16.4 Å². The molecule has 0 unspecified atom stereocenters. The number of hydrogen-bond donors (Lipinski definition) is 3. The van der Waals surface area contributed by atoms with Crippen molar-refractivity contribution in [3.05, 3.63) is 41.0 Å². The molecule has 1 aliphatic rings. The molecule has 0 bridgehead atoms. The van der Waals surface area contributed by atoms with Crippen molar-refractivity contribution < 1.29 is 0 Å². The summed E-state index contributed by atoms with van der Waals surface area (Å²) in [4.78, 5) is 0. The smallest absolute Gasteiger partial charge is 0.168 e. The van der Waals surface area contributed by atoms with Gasteiger partial charge >= 0.3 is 0 Å². The number of nitrogen functional groups attached to an aromatic ring is 1. The summed E-state index contributed by atoms with van der Waals surface area (Å²) < 4.78 is 1.69. The SMILES string of the molecule is Cc1ccccc1Cn1nc(NC2CNC2)c(C#N)c1N. The molecule has 0 atom stereocenters. The van der Waals surface area contributed by atoms with Gasteiger partial charge in [-0.2, -0.15) is 10.4 Å². The largest absolute Gasteiger partial charge is 0.383 e. The molecule has 0 spiro atoms. The second-order valence-corrected chi connectivity index (χ2v) is 5.30. The molecule has 108 valence electrons. The Morgan fingerprint density at radius 2 is 2.24 bits per heavy atom. The van der Waals surface area contributed by atoms with Crippen LogP contribution in [-0.4, -0.2) is 28.9 Å². The molecule has 3 rings (SSSR count). The van der Waals surface area contributed by atoms with E-state index in [0.717, 1.165) is 18.7 Å². The Balaban J connectivity index is 1.88. The molecule has 0 aliphatic carbocycles. The Morgan fingerprint density at radius 3 is 2.86 bits per heavy atom. The summed E-state index contributed by atoms with van der Waals surface area (Å²) in [7, 11) is 0. The van der Waals surface area contributed by atoms with E-state index >= 15 is 0 Å². The van der Waals surface area contributed by atoms with E-state index in [4.69, 9.17) is 5.73 Å². The summed E-state index contributed by atoms with van der Waals surface area (Å²) in [6.07, 6.45) is 0. The molecule has 1 fully saturated rings. The van der Waals surface area contributed by atoms with Crippen LogP contribution >= 0.6 is 0 Å². The van der Waals surface area contributed by atoms with E-state index in [9.17, 15) is 5.26 Å². The quantitative estimate of drug-likeness (QED) is 0.780. The first-order valence-corrected chi connectivity index (χ1v) is 6.97. The van der Waals surface area contributed by atoms with E-state index in [1.165, 1.54) is 5.56 Å². The molecule has 0 saturated carbocycles. The lowest BCUT2D eigenvalue weighted by molar-refractivity contribution is 0.470. The van der Waals surface area contributed by atoms with Crippen molar-refractivity contribution in [1.29, 1.82) is 5.26 Å². The summed E-state index contributed by atoms with van der Waals surface area (Å²) in [6, 6.07) is 10.6. The Labute approximate surface area is 123 Å². The lowest BCUT2D eigenvalue weighted by Crippen LogP contribution is -2.51. The fourth-order valence-corrected chi connectivity index (χ4v) is 2.34. The normalized spacial score (nSPS) is 14.5. The van der Waals surface area contributed by atoms with Gasteiger partial charge in [0, 0.05) is 13.1 Å². The highest BCUT2D eigenvalue weighted by molar-refractivity contribution is 5.64. The van der Waals surface area contributed by atoms with E-state index in [2.05, 4.69) is 34.8 Å². The van der Waals surface area contributed by atoms with E-state index in [-0.39, 0.29) is 0 Å². The van der Waals surface area contributed by atoms with Crippen LogP contribution in [0.2, 0.25) is 0 Å². The maximum atomic E-state index is 9.30. The van der Waals surface area contributed by atoms with Gasteiger partial charge in [-0.05, 0) is 18.1 Å². The van der Waals surface area contributed by atoms with Crippen molar-refractivity contribution >= 4 is 11.6 Å². The van der Waals surface area contributed by atoms with E-state index in [1.54, 1.807) is 4.68 Å². The Kier molecular flexibility index (Phi) is 3.50. The molecule has 1 aliphatic heterocycles. The van der Waals surface area contributed by atoms with Gasteiger partial charge in [0.2, 0.25) is 0 Å². The molecule has 1 saturated heterocycles. The highest BCUT2D eigenvalue weighted by atomic mass is 15.4. The molecule has 2 heterocycles. The van der Waals surface area contributed by atoms with Gasteiger partial charge in [0.05, 0.1) is 12.6 Å². The zero-order valence-corrected chi connectivity index (χ0v) is 11.9. The monoisotopic (exact) mass is 282 g/mol. The first kappa shape index (κ1) is 13.5. The third kappa shape index (κ3) is 2.56. The van der Waals surface area contributed by atoms with Crippen LogP contribution in [0.5, 0.6) is 0 Å². The van der Waals surface area contributed by atoms with Gasteiger partial charge in [0.1, 0.15) is 17.5 Å². The molecular weight excluding hydrogens is 264 g/mol. The number of benzene rings is 1. The molecule has 21 heavy (non-hydrogen) atoms. The summed E-state index contributed by atoms with van der Waals surface area (Å²) in [5.41, 5.74) is 8.83. The summed E-state index contributed by atoms with van der Waals surface area (Å²) in [5.74, 6) is 0.991. The number of aromatic nitrogens is 2. The van der Waals surface area contributed by atoms with Crippen molar-refractivity contribution in [3.8, 4) is 6.07 Å². The minimum Gasteiger partial charge on any atom is -0.383 e. The second kappa shape index (κ2) is 5.46. The fourth-order valence-electron chi connectivity index (χ4n) is 2.34. The Hall–Kier alpha value is -2.52. The number of nitrogens with zero attached hydrogens (tertiary/aromatic N) is 3. The maximum Gasteiger partial charge on any atom is 0.168 e. The predicted octanol–water partition coefficient (Wildman–Crippen LogP) is 1.08. The summed E-state index contributed by atoms with van der Waals surface area (Å²) in [6.45, 7) is 4.39. The van der Waals surface area contributed by atoms with Crippen LogP contribution in [0.15, 0.2) is 24.3 Å². The molecule has 1 aromatic heterocycles. The van der Waals surface area contributed by atoms with Crippen molar-refractivity contribution in [2.75, 3.05) is 24.1 Å².